The van der Waals surface area contributed by atoms with Crippen molar-refractivity contribution in [1.82, 2.24) is 4.90 Å². The van der Waals surface area contributed by atoms with Gasteiger partial charge in [-0.05, 0) is 32.1 Å². The summed E-state index contributed by atoms with van der Waals surface area (Å²) >= 11 is 0. The fourth-order valence-electron chi connectivity index (χ4n) is 6.44. The maximum atomic E-state index is 6.65. The van der Waals surface area contributed by atoms with Crippen molar-refractivity contribution in [2.45, 2.75) is 37.0 Å². The Morgan fingerprint density at radius 1 is 0.727 bits per heavy atom. The van der Waals surface area contributed by atoms with Crippen LogP contribution in [0.4, 0.5) is 0 Å². The van der Waals surface area contributed by atoms with E-state index >= 15 is 0 Å². The van der Waals surface area contributed by atoms with Crippen molar-refractivity contribution >= 4 is 0 Å². The third-order valence-corrected chi connectivity index (χ3v) is 8.64. The molecule has 0 bridgehead atoms. The highest BCUT2D eigenvalue weighted by Gasteiger charge is 2.60. The van der Waals surface area contributed by atoms with Gasteiger partial charge in [0.25, 0.3) is 0 Å². The molecule has 4 rings (SSSR count). The molecule has 1 aliphatic heterocycles. The van der Waals surface area contributed by atoms with Gasteiger partial charge in [0.15, 0.2) is 11.5 Å². The van der Waals surface area contributed by atoms with Crippen LogP contribution in [-0.2, 0) is 49.7 Å². The molecule has 1 unspecified atom stereocenters. The van der Waals surface area contributed by atoms with Crippen molar-refractivity contribution in [3.8, 4) is 11.5 Å². The molecule has 3 aliphatic rings. The molecule has 0 amide bonds. The molecule has 11 nitrogen and oxygen atoms in total. The first kappa shape index (κ1) is 35.1. The molecule has 5 atom stereocenters. The normalized spacial score (nSPS) is 25.0. The summed E-state index contributed by atoms with van der Waals surface area (Å²) in [6.45, 7) is 9.73. The van der Waals surface area contributed by atoms with Gasteiger partial charge in [-0.15, -0.1) is 0 Å². The lowest BCUT2D eigenvalue weighted by Crippen LogP contribution is -2.59. The number of methoxy groups -OCH3 is 2. The van der Waals surface area contributed by atoms with Gasteiger partial charge in [0.05, 0.1) is 99.6 Å². The zero-order valence-electron chi connectivity index (χ0n) is 27.3. The van der Waals surface area contributed by atoms with Crippen LogP contribution < -0.4 is 9.47 Å². The van der Waals surface area contributed by atoms with Gasteiger partial charge < -0.3 is 52.3 Å². The Kier molecular flexibility index (Phi) is 14.6. The van der Waals surface area contributed by atoms with Gasteiger partial charge >= 0.3 is 0 Å². The highest BCUT2D eigenvalue weighted by atomic mass is 16.6. The zero-order chi connectivity index (χ0) is 31.2. The van der Waals surface area contributed by atoms with Crippen LogP contribution in [0, 0.1) is 5.92 Å². The Balaban J connectivity index is 1.04. The first-order chi connectivity index (χ1) is 21.5. The van der Waals surface area contributed by atoms with Gasteiger partial charge in [-0.1, -0.05) is 25.1 Å². The number of ether oxygens (including phenoxy) is 10. The standard InChI is InChI=1S/C33H53NO10/c1-33-26-7-9-29(32(33)44-31-28(36-5)8-6-25(30(31)33)24-27(26)34(2)3)43-23-22-42-21-20-41-19-18-40-17-16-39-15-14-38-13-12-37-11-10-35-4/h6-9,26-27,29,32H,10-24H2,1-5H3/t26?,27-,29+,32+,33+/m1/s1. The number of hydrogen-bond donors (Lipinski definition) is 0. The van der Waals surface area contributed by atoms with Crippen LogP contribution >= 0.6 is 0 Å². The SMILES string of the molecule is COCCOCCOCCOCCOCCOCCOCCO[C@H]1C=CC2[C@H](N(C)C)Cc3ccc(OC)c4c3[C@@]2(C)[C@H]1O4. The van der Waals surface area contributed by atoms with Gasteiger partial charge in [0.1, 0.15) is 12.2 Å². The van der Waals surface area contributed by atoms with Gasteiger partial charge in [-0.25, -0.2) is 0 Å². The highest BCUT2D eigenvalue weighted by Crippen LogP contribution is 2.59. The molecule has 0 aromatic heterocycles. The first-order valence-corrected chi connectivity index (χ1v) is 15.8. The number of hydrogen-bond acceptors (Lipinski definition) is 11. The average Bonchev–Trinajstić information content (AvgIpc) is 3.35. The minimum absolute atomic E-state index is 0.121. The first-order valence-electron chi connectivity index (χ1n) is 15.8. The molecule has 250 valence electrons. The summed E-state index contributed by atoms with van der Waals surface area (Å²) in [5.74, 6) is 2.00. The Hall–Kier alpha value is -1.80. The minimum Gasteiger partial charge on any atom is -0.493 e. The number of rotatable bonds is 24. The van der Waals surface area contributed by atoms with Crippen LogP contribution in [0.2, 0.25) is 0 Å². The van der Waals surface area contributed by atoms with Crippen LogP contribution in [0.3, 0.4) is 0 Å². The molecule has 0 N–H and O–H groups in total. The van der Waals surface area contributed by atoms with Crippen molar-refractivity contribution in [2.24, 2.45) is 5.92 Å². The summed E-state index contributed by atoms with van der Waals surface area (Å²) in [5.41, 5.74) is 2.44. The second-order valence-electron chi connectivity index (χ2n) is 11.6. The molecule has 1 aromatic carbocycles. The number of benzene rings is 1. The second-order valence-corrected chi connectivity index (χ2v) is 11.6. The van der Waals surface area contributed by atoms with Gasteiger partial charge in [0, 0.05) is 30.0 Å². The Morgan fingerprint density at radius 2 is 1.25 bits per heavy atom. The van der Waals surface area contributed by atoms with Crippen LogP contribution in [0.25, 0.3) is 0 Å². The van der Waals surface area contributed by atoms with Crippen molar-refractivity contribution in [1.29, 1.82) is 0 Å². The lowest BCUT2D eigenvalue weighted by molar-refractivity contribution is -0.0628. The molecule has 0 saturated heterocycles. The van der Waals surface area contributed by atoms with Crippen LogP contribution in [0.15, 0.2) is 24.3 Å². The zero-order valence-corrected chi connectivity index (χ0v) is 27.3. The van der Waals surface area contributed by atoms with E-state index in [0.29, 0.717) is 104 Å². The largest absolute Gasteiger partial charge is 0.493 e. The van der Waals surface area contributed by atoms with E-state index in [1.54, 1.807) is 14.2 Å². The van der Waals surface area contributed by atoms with Crippen molar-refractivity contribution in [2.75, 3.05) is 121 Å². The highest BCUT2D eigenvalue weighted by molar-refractivity contribution is 5.61. The predicted molar refractivity (Wildman–Crippen MR) is 165 cm³/mol. The molecular weight excluding hydrogens is 570 g/mol. The van der Waals surface area contributed by atoms with E-state index in [1.165, 1.54) is 11.1 Å². The van der Waals surface area contributed by atoms with Crippen molar-refractivity contribution in [3.05, 3.63) is 35.4 Å². The Labute approximate surface area is 262 Å². The van der Waals surface area contributed by atoms with E-state index in [9.17, 15) is 0 Å². The molecule has 0 radical (unpaired) electrons. The molecule has 44 heavy (non-hydrogen) atoms. The fraction of sp³-hybridized carbons (Fsp3) is 0.758. The monoisotopic (exact) mass is 623 g/mol. The lowest BCUT2D eigenvalue weighted by Gasteiger charge is -2.50. The third kappa shape index (κ3) is 8.92. The summed E-state index contributed by atoms with van der Waals surface area (Å²) in [6, 6.07) is 4.63. The summed E-state index contributed by atoms with van der Waals surface area (Å²) in [5, 5.41) is 0. The summed E-state index contributed by atoms with van der Waals surface area (Å²) in [6.07, 6.45) is 5.23. The summed E-state index contributed by atoms with van der Waals surface area (Å²) in [4.78, 5) is 2.34. The van der Waals surface area contributed by atoms with E-state index in [2.05, 4.69) is 44.1 Å². The summed E-state index contributed by atoms with van der Waals surface area (Å²) in [7, 11) is 7.68. The molecule has 1 aromatic rings. The molecule has 0 spiro atoms. The summed E-state index contributed by atoms with van der Waals surface area (Å²) < 4.78 is 56.7. The molecular formula is C33H53NO10. The fourth-order valence-corrected chi connectivity index (χ4v) is 6.44. The maximum absolute atomic E-state index is 6.65. The predicted octanol–water partition coefficient (Wildman–Crippen LogP) is 2.52. The van der Waals surface area contributed by atoms with E-state index < -0.39 is 0 Å². The quantitative estimate of drug-likeness (QED) is 0.126. The van der Waals surface area contributed by atoms with Crippen LogP contribution in [0.1, 0.15) is 18.1 Å². The van der Waals surface area contributed by atoms with E-state index in [-0.39, 0.29) is 17.6 Å². The smallest absolute Gasteiger partial charge is 0.165 e. The van der Waals surface area contributed by atoms with Crippen molar-refractivity contribution in [3.63, 3.8) is 0 Å². The van der Waals surface area contributed by atoms with Crippen molar-refractivity contribution < 1.29 is 47.4 Å². The van der Waals surface area contributed by atoms with E-state index in [4.69, 9.17) is 47.4 Å². The van der Waals surface area contributed by atoms with Gasteiger partial charge in [0.2, 0.25) is 0 Å². The Bertz CT molecular complexity index is 1010. The van der Waals surface area contributed by atoms with E-state index in [1.807, 2.05) is 6.07 Å². The maximum Gasteiger partial charge on any atom is 0.165 e. The molecule has 2 aliphatic carbocycles. The molecule has 0 saturated carbocycles. The Morgan fingerprint density at radius 3 is 1.75 bits per heavy atom. The van der Waals surface area contributed by atoms with Crippen LogP contribution in [-0.4, -0.2) is 144 Å². The number of nitrogens with zero attached hydrogens (tertiary/aromatic N) is 1. The topological polar surface area (TPSA) is 95.5 Å². The lowest BCUT2D eigenvalue weighted by atomic mass is 9.57. The third-order valence-electron chi connectivity index (χ3n) is 8.64. The molecule has 0 fully saturated rings. The minimum atomic E-state index is -0.192. The second kappa shape index (κ2) is 18.4. The van der Waals surface area contributed by atoms with E-state index in [0.717, 1.165) is 17.9 Å². The molecule has 11 heteroatoms. The van der Waals surface area contributed by atoms with Gasteiger partial charge in [-0.2, -0.15) is 0 Å². The average molecular weight is 624 g/mol. The van der Waals surface area contributed by atoms with Gasteiger partial charge in [-0.3, -0.25) is 0 Å². The van der Waals surface area contributed by atoms with Crippen LogP contribution in [0.5, 0.6) is 11.5 Å². The number of likely N-dealkylation sites (N-methyl/N-ethyl adjacent to an activating group) is 1. The molecule has 1 heterocycles.